The average Bonchev–Trinajstić information content (AvgIpc) is 2.71. The Balaban J connectivity index is 2.10. The Kier molecular flexibility index (Phi) is 2.69. The van der Waals surface area contributed by atoms with E-state index in [4.69, 9.17) is 0 Å². The molecular weight excluding hydrogens is 225 g/mol. The molecular formula is C9H9F3N2O2. The highest BCUT2D eigenvalue weighted by Crippen LogP contribution is 2.30. The van der Waals surface area contributed by atoms with Gasteiger partial charge in [-0.1, -0.05) is 5.16 Å². The van der Waals surface area contributed by atoms with Gasteiger partial charge >= 0.3 is 6.18 Å². The summed E-state index contributed by atoms with van der Waals surface area (Å²) < 4.78 is 40.7. The summed E-state index contributed by atoms with van der Waals surface area (Å²) in [7, 11) is 0. The largest absolute Gasteiger partial charge is 0.396 e. The van der Waals surface area contributed by atoms with Gasteiger partial charge < -0.3 is 4.52 Å². The Bertz CT molecular complexity index is 400. The van der Waals surface area contributed by atoms with Crippen molar-refractivity contribution < 1.29 is 22.5 Å². The number of alkyl halides is 3. The van der Waals surface area contributed by atoms with Crippen LogP contribution in [0.1, 0.15) is 36.9 Å². The molecule has 0 aromatic carbocycles. The van der Waals surface area contributed by atoms with E-state index < -0.39 is 24.3 Å². The number of carbonyl (C=O) groups is 1. The van der Waals surface area contributed by atoms with Crippen LogP contribution in [-0.4, -0.2) is 22.1 Å². The molecule has 0 spiro atoms. The summed E-state index contributed by atoms with van der Waals surface area (Å²) in [5.41, 5.74) is 0. The molecule has 0 radical (unpaired) electrons. The molecule has 1 aromatic rings. The lowest BCUT2D eigenvalue weighted by Crippen LogP contribution is -2.13. The maximum atomic E-state index is 12.0. The minimum Gasteiger partial charge on any atom is -0.339 e. The molecule has 7 heteroatoms. The van der Waals surface area contributed by atoms with Crippen molar-refractivity contribution in [3.8, 4) is 0 Å². The van der Waals surface area contributed by atoms with Gasteiger partial charge in [0, 0.05) is 6.42 Å². The van der Waals surface area contributed by atoms with Crippen molar-refractivity contribution in [3.63, 3.8) is 0 Å². The van der Waals surface area contributed by atoms with E-state index in [-0.39, 0.29) is 11.7 Å². The molecule has 0 N–H and O–H groups in total. The van der Waals surface area contributed by atoms with Crippen LogP contribution in [0.2, 0.25) is 0 Å². The fourth-order valence-corrected chi connectivity index (χ4v) is 1.74. The number of ketones is 1. The van der Waals surface area contributed by atoms with Crippen LogP contribution in [0.4, 0.5) is 13.2 Å². The maximum Gasteiger partial charge on any atom is 0.396 e. The van der Waals surface area contributed by atoms with Crippen molar-refractivity contribution >= 4 is 5.78 Å². The van der Waals surface area contributed by atoms with Crippen LogP contribution in [-0.2, 0) is 11.2 Å². The maximum absolute atomic E-state index is 12.0. The normalized spacial score (nSPS) is 21.7. The SMILES string of the molecule is O=C1CCCC1c1nc(CC(F)(F)F)no1. The van der Waals surface area contributed by atoms with E-state index in [0.717, 1.165) is 6.42 Å². The monoisotopic (exact) mass is 234 g/mol. The summed E-state index contributed by atoms with van der Waals surface area (Å²) in [4.78, 5) is 14.9. The van der Waals surface area contributed by atoms with Gasteiger partial charge in [-0.3, -0.25) is 4.79 Å². The van der Waals surface area contributed by atoms with E-state index in [1.807, 2.05) is 0 Å². The van der Waals surface area contributed by atoms with Gasteiger partial charge in [-0.05, 0) is 12.8 Å². The lowest BCUT2D eigenvalue weighted by molar-refractivity contribution is -0.128. The zero-order valence-corrected chi connectivity index (χ0v) is 8.25. The third kappa shape index (κ3) is 2.40. The average molecular weight is 234 g/mol. The van der Waals surface area contributed by atoms with Gasteiger partial charge in [-0.25, -0.2) is 0 Å². The molecule has 0 bridgehead atoms. The molecule has 0 aliphatic heterocycles. The number of halogens is 3. The van der Waals surface area contributed by atoms with Gasteiger partial charge in [0.15, 0.2) is 5.82 Å². The van der Waals surface area contributed by atoms with E-state index >= 15 is 0 Å². The molecule has 1 unspecified atom stereocenters. The predicted octanol–water partition coefficient (Wildman–Crippen LogP) is 2.01. The number of hydrogen-bond acceptors (Lipinski definition) is 4. The predicted molar refractivity (Wildman–Crippen MR) is 45.7 cm³/mol. The summed E-state index contributed by atoms with van der Waals surface area (Å²) in [5, 5.41) is 3.22. The minimum absolute atomic E-state index is 0.0155. The van der Waals surface area contributed by atoms with Crippen LogP contribution in [0.5, 0.6) is 0 Å². The molecule has 1 aliphatic carbocycles. The van der Waals surface area contributed by atoms with E-state index in [9.17, 15) is 18.0 Å². The third-order valence-electron chi connectivity index (χ3n) is 2.45. The molecule has 1 saturated carbocycles. The van der Waals surface area contributed by atoms with E-state index in [2.05, 4.69) is 14.7 Å². The Morgan fingerprint density at radius 1 is 1.44 bits per heavy atom. The lowest BCUT2D eigenvalue weighted by atomic mass is 10.1. The highest BCUT2D eigenvalue weighted by atomic mass is 19.4. The topological polar surface area (TPSA) is 56.0 Å². The molecule has 2 rings (SSSR count). The van der Waals surface area contributed by atoms with Crippen LogP contribution >= 0.6 is 0 Å². The molecule has 1 heterocycles. The molecule has 0 saturated heterocycles. The standard InChI is InChI=1S/C9H9F3N2O2/c10-9(11,12)4-7-13-8(16-14-7)5-2-1-3-6(5)15/h5H,1-4H2. The van der Waals surface area contributed by atoms with Crippen molar-refractivity contribution in [2.24, 2.45) is 0 Å². The first-order valence-corrected chi connectivity index (χ1v) is 4.87. The van der Waals surface area contributed by atoms with E-state index in [0.29, 0.717) is 12.8 Å². The molecule has 4 nitrogen and oxygen atoms in total. The first-order chi connectivity index (χ1) is 7.46. The zero-order valence-electron chi connectivity index (χ0n) is 8.25. The highest BCUT2D eigenvalue weighted by molar-refractivity contribution is 5.86. The van der Waals surface area contributed by atoms with Crippen molar-refractivity contribution in [2.75, 3.05) is 0 Å². The Morgan fingerprint density at radius 3 is 2.75 bits per heavy atom. The van der Waals surface area contributed by atoms with E-state index in [1.54, 1.807) is 0 Å². The Labute approximate surface area is 88.8 Å². The second kappa shape index (κ2) is 3.88. The van der Waals surface area contributed by atoms with Crippen molar-refractivity contribution in [3.05, 3.63) is 11.7 Å². The summed E-state index contributed by atoms with van der Waals surface area (Å²) in [6.07, 6.45) is -3.85. The number of nitrogens with zero attached hydrogens (tertiary/aromatic N) is 2. The van der Waals surface area contributed by atoms with Gasteiger partial charge in [0.1, 0.15) is 12.2 Å². The number of carbonyl (C=O) groups excluding carboxylic acids is 1. The molecule has 1 fully saturated rings. The number of aromatic nitrogens is 2. The van der Waals surface area contributed by atoms with Crippen LogP contribution in [0.3, 0.4) is 0 Å². The van der Waals surface area contributed by atoms with Crippen LogP contribution in [0, 0.1) is 0 Å². The first-order valence-electron chi connectivity index (χ1n) is 4.87. The molecule has 16 heavy (non-hydrogen) atoms. The van der Waals surface area contributed by atoms with Crippen molar-refractivity contribution in [1.29, 1.82) is 0 Å². The summed E-state index contributed by atoms with van der Waals surface area (Å²) in [6, 6.07) is 0. The minimum atomic E-state index is -4.36. The molecule has 1 aromatic heterocycles. The first kappa shape index (κ1) is 11.1. The number of Topliss-reactive ketones (excluding diaryl/α,β-unsaturated/α-hetero) is 1. The van der Waals surface area contributed by atoms with Gasteiger partial charge in [-0.2, -0.15) is 18.2 Å². The van der Waals surface area contributed by atoms with Crippen LogP contribution in [0.25, 0.3) is 0 Å². The van der Waals surface area contributed by atoms with Crippen LogP contribution < -0.4 is 0 Å². The molecule has 88 valence electrons. The summed E-state index contributed by atoms with van der Waals surface area (Å²) >= 11 is 0. The van der Waals surface area contributed by atoms with Gasteiger partial charge in [0.05, 0.1) is 5.92 Å². The Morgan fingerprint density at radius 2 is 2.19 bits per heavy atom. The highest BCUT2D eigenvalue weighted by Gasteiger charge is 2.34. The fourth-order valence-electron chi connectivity index (χ4n) is 1.74. The fraction of sp³-hybridized carbons (Fsp3) is 0.667. The number of hydrogen-bond donors (Lipinski definition) is 0. The molecule has 0 amide bonds. The second-order valence-electron chi connectivity index (χ2n) is 3.75. The third-order valence-corrected chi connectivity index (χ3v) is 2.45. The number of rotatable bonds is 2. The van der Waals surface area contributed by atoms with Crippen LogP contribution in [0.15, 0.2) is 4.52 Å². The zero-order chi connectivity index (χ0) is 11.8. The smallest absolute Gasteiger partial charge is 0.339 e. The summed E-state index contributed by atoms with van der Waals surface area (Å²) in [5.74, 6) is -0.944. The Hall–Kier alpha value is -1.40. The second-order valence-corrected chi connectivity index (χ2v) is 3.75. The van der Waals surface area contributed by atoms with Gasteiger partial charge in [-0.15, -0.1) is 0 Å². The molecule has 1 atom stereocenters. The van der Waals surface area contributed by atoms with Gasteiger partial charge in [0.25, 0.3) is 0 Å². The molecule has 1 aliphatic rings. The van der Waals surface area contributed by atoms with E-state index in [1.165, 1.54) is 0 Å². The van der Waals surface area contributed by atoms with Gasteiger partial charge in [0.2, 0.25) is 5.89 Å². The summed E-state index contributed by atoms with van der Waals surface area (Å²) in [6.45, 7) is 0. The lowest BCUT2D eigenvalue weighted by Gasteiger charge is -2.00. The quantitative estimate of drug-likeness (QED) is 0.785. The van der Waals surface area contributed by atoms with Crippen molar-refractivity contribution in [1.82, 2.24) is 10.1 Å². The van der Waals surface area contributed by atoms with Crippen molar-refractivity contribution in [2.45, 2.75) is 37.8 Å².